The zero-order valence-electron chi connectivity index (χ0n) is 8.54. The van der Waals surface area contributed by atoms with E-state index in [9.17, 15) is 0 Å². The third kappa shape index (κ3) is 2.01. The topological polar surface area (TPSA) is 52.0 Å². The molecular weight excluding hydrogens is 160 g/mol. The molecule has 2 heteroatoms. The Hall–Kier alpha value is -1.02. The number of hydrogen-bond acceptors (Lipinski definition) is 2. The fourth-order valence-corrected chi connectivity index (χ4v) is 1.18. The normalized spacial score (nSPS) is 15.8. The molecule has 0 heterocycles. The molecule has 0 fully saturated rings. The largest absolute Gasteiger partial charge is 0.399 e. The van der Waals surface area contributed by atoms with Crippen molar-refractivity contribution in [1.82, 2.24) is 0 Å². The van der Waals surface area contributed by atoms with Crippen molar-refractivity contribution >= 4 is 5.69 Å². The van der Waals surface area contributed by atoms with Crippen molar-refractivity contribution < 1.29 is 0 Å². The Morgan fingerprint density at radius 2 is 1.62 bits per heavy atom. The molecule has 1 aromatic carbocycles. The van der Waals surface area contributed by atoms with Gasteiger partial charge >= 0.3 is 0 Å². The van der Waals surface area contributed by atoms with Crippen LogP contribution in [0, 0.1) is 5.92 Å². The van der Waals surface area contributed by atoms with E-state index in [1.807, 2.05) is 31.2 Å². The molecule has 2 nitrogen and oxygen atoms in total. The highest BCUT2D eigenvalue weighted by molar-refractivity contribution is 5.41. The molecule has 13 heavy (non-hydrogen) atoms. The summed E-state index contributed by atoms with van der Waals surface area (Å²) >= 11 is 0. The summed E-state index contributed by atoms with van der Waals surface area (Å²) in [5.41, 5.74) is 13.4. The van der Waals surface area contributed by atoms with Crippen molar-refractivity contribution in [3.63, 3.8) is 0 Å². The quantitative estimate of drug-likeness (QED) is 0.681. The third-order valence-corrected chi connectivity index (χ3v) is 2.73. The van der Waals surface area contributed by atoms with Crippen molar-refractivity contribution in [3.05, 3.63) is 29.8 Å². The van der Waals surface area contributed by atoms with Crippen molar-refractivity contribution in [2.24, 2.45) is 11.7 Å². The Balaban J connectivity index is 3.01. The van der Waals surface area contributed by atoms with Gasteiger partial charge in [-0.25, -0.2) is 0 Å². The maximum Gasteiger partial charge on any atom is 0.0404 e. The van der Waals surface area contributed by atoms with Crippen LogP contribution < -0.4 is 11.5 Å². The van der Waals surface area contributed by atoms with Crippen LogP contribution in [0.15, 0.2) is 24.3 Å². The van der Waals surface area contributed by atoms with E-state index in [1.54, 1.807) is 0 Å². The van der Waals surface area contributed by atoms with Crippen LogP contribution in [0.3, 0.4) is 0 Å². The molecule has 1 aromatic rings. The van der Waals surface area contributed by atoms with Gasteiger partial charge < -0.3 is 11.5 Å². The van der Waals surface area contributed by atoms with Crippen LogP contribution in [-0.2, 0) is 5.54 Å². The van der Waals surface area contributed by atoms with Gasteiger partial charge in [0.05, 0.1) is 0 Å². The molecule has 0 aliphatic heterocycles. The summed E-state index contributed by atoms with van der Waals surface area (Å²) in [4.78, 5) is 0. The summed E-state index contributed by atoms with van der Waals surface area (Å²) in [6.07, 6.45) is 0. The molecule has 0 aliphatic carbocycles. The molecule has 0 radical (unpaired) electrons. The molecular formula is C11H18N2. The minimum absolute atomic E-state index is 0.270. The molecule has 0 amide bonds. The van der Waals surface area contributed by atoms with E-state index >= 15 is 0 Å². The zero-order valence-corrected chi connectivity index (χ0v) is 8.54. The molecule has 0 saturated heterocycles. The smallest absolute Gasteiger partial charge is 0.0404 e. The minimum atomic E-state index is -0.270. The van der Waals surface area contributed by atoms with E-state index in [0.717, 1.165) is 11.3 Å². The van der Waals surface area contributed by atoms with Gasteiger partial charge in [-0.3, -0.25) is 0 Å². The maximum absolute atomic E-state index is 6.19. The van der Waals surface area contributed by atoms with E-state index in [4.69, 9.17) is 11.5 Å². The monoisotopic (exact) mass is 178 g/mol. The van der Waals surface area contributed by atoms with Crippen LogP contribution in [0.4, 0.5) is 5.69 Å². The average molecular weight is 178 g/mol. The first-order chi connectivity index (χ1) is 5.94. The predicted octanol–water partition coefficient (Wildman–Crippen LogP) is 2.10. The number of nitrogen functional groups attached to an aromatic ring is 1. The standard InChI is InChI=1S/C11H18N2/c1-8(2)11(3,13)9-4-6-10(12)7-5-9/h4-8H,12-13H2,1-3H3/t11-/m0/s1. The zero-order chi connectivity index (χ0) is 10.1. The molecule has 0 aliphatic rings. The number of anilines is 1. The van der Waals surface area contributed by atoms with Gasteiger partial charge in [0.1, 0.15) is 0 Å². The Bertz CT molecular complexity index is 273. The van der Waals surface area contributed by atoms with Gasteiger partial charge in [0.2, 0.25) is 0 Å². The molecule has 1 atom stereocenters. The van der Waals surface area contributed by atoms with E-state index in [0.29, 0.717) is 5.92 Å². The summed E-state index contributed by atoms with van der Waals surface area (Å²) < 4.78 is 0. The van der Waals surface area contributed by atoms with Crippen LogP contribution in [0.1, 0.15) is 26.3 Å². The highest BCUT2D eigenvalue weighted by Crippen LogP contribution is 2.26. The van der Waals surface area contributed by atoms with Gasteiger partial charge in [-0.1, -0.05) is 26.0 Å². The number of hydrogen-bond donors (Lipinski definition) is 2. The highest BCUT2D eigenvalue weighted by atomic mass is 14.7. The van der Waals surface area contributed by atoms with Gasteiger partial charge in [-0.2, -0.15) is 0 Å². The maximum atomic E-state index is 6.19. The van der Waals surface area contributed by atoms with Gasteiger partial charge in [-0.05, 0) is 30.5 Å². The molecule has 0 aromatic heterocycles. The first-order valence-electron chi connectivity index (χ1n) is 4.59. The summed E-state index contributed by atoms with van der Waals surface area (Å²) in [5.74, 6) is 0.413. The second kappa shape index (κ2) is 3.38. The molecule has 4 N–H and O–H groups in total. The van der Waals surface area contributed by atoms with Gasteiger partial charge in [0, 0.05) is 11.2 Å². The lowest BCUT2D eigenvalue weighted by Gasteiger charge is -2.29. The summed E-state index contributed by atoms with van der Waals surface area (Å²) in [6.45, 7) is 6.29. The van der Waals surface area contributed by atoms with Crippen molar-refractivity contribution in [3.8, 4) is 0 Å². The lowest BCUT2D eigenvalue weighted by atomic mass is 9.83. The summed E-state index contributed by atoms with van der Waals surface area (Å²) in [7, 11) is 0. The van der Waals surface area contributed by atoms with Crippen LogP contribution in [-0.4, -0.2) is 0 Å². The Kier molecular flexibility index (Phi) is 2.62. The summed E-state index contributed by atoms with van der Waals surface area (Å²) in [5, 5.41) is 0. The first kappa shape index (κ1) is 10.1. The van der Waals surface area contributed by atoms with Gasteiger partial charge in [-0.15, -0.1) is 0 Å². The van der Waals surface area contributed by atoms with Gasteiger partial charge in [0.25, 0.3) is 0 Å². The van der Waals surface area contributed by atoms with Crippen LogP contribution in [0.25, 0.3) is 0 Å². The van der Waals surface area contributed by atoms with E-state index < -0.39 is 0 Å². The fraction of sp³-hybridized carbons (Fsp3) is 0.455. The predicted molar refractivity (Wildman–Crippen MR) is 57.2 cm³/mol. The van der Waals surface area contributed by atoms with Crippen LogP contribution >= 0.6 is 0 Å². The number of benzene rings is 1. The molecule has 1 rings (SSSR count). The molecule has 72 valence electrons. The Morgan fingerprint density at radius 3 is 2.00 bits per heavy atom. The van der Waals surface area contributed by atoms with Crippen molar-refractivity contribution in [1.29, 1.82) is 0 Å². The molecule has 0 saturated carbocycles. The third-order valence-electron chi connectivity index (χ3n) is 2.73. The van der Waals surface area contributed by atoms with Crippen molar-refractivity contribution in [2.45, 2.75) is 26.3 Å². The Morgan fingerprint density at radius 1 is 1.15 bits per heavy atom. The second-order valence-electron chi connectivity index (χ2n) is 4.06. The van der Waals surface area contributed by atoms with Gasteiger partial charge in [0.15, 0.2) is 0 Å². The van der Waals surface area contributed by atoms with Crippen molar-refractivity contribution in [2.75, 3.05) is 5.73 Å². The molecule has 0 spiro atoms. The highest BCUT2D eigenvalue weighted by Gasteiger charge is 2.24. The Labute approximate surface area is 79.9 Å². The minimum Gasteiger partial charge on any atom is -0.399 e. The van der Waals surface area contributed by atoms with E-state index in [2.05, 4.69) is 13.8 Å². The van der Waals surface area contributed by atoms with E-state index in [1.165, 1.54) is 0 Å². The lowest BCUT2D eigenvalue weighted by Crippen LogP contribution is -2.38. The summed E-state index contributed by atoms with van der Waals surface area (Å²) in [6, 6.07) is 7.77. The SMILES string of the molecule is CC(C)[C@](C)(N)c1ccc(N)cc1. The van der Waals surface area contributed by atoms with Crippen LogP contribution in [0.5, 0.6) is 0 Å². The molecule has 0 unspecified atom stereocenters. The number of nitrogens with two attached hydrogens (primary N) is 2. The first-order valence-corrected chi connectivity index (χ1v) is 4.59. The molecule has 0 bridgehead atoms. The average Bonchev–Trinajstić information content (AvgIpc) is 2.04. The van der Waals surface area contributed by atoms with E-state index in [-0.39, 0.29) is 5.54 Å². The second-order valence-corrected chi connectivity index (χ2v) is 4.06. The van der Waals surface area contributed by atoms with Crippen LogP contribution in [0.2, 0.25) is 0 Å². The fourth-order valence-electron chi connectivity index (χ4n) is 1.18. The number of rotatable bonds is 2. The lowest BCUT2D eigenvalue weighted by molar-refractivity contribution is 0.350.